The van der Waals surface area contributed by atoms with Crippen molar-refractivity contribution in [1.29, 1.82) is 0 Å². The largest absolute Gasteiger partial charge is 0.480 e. The Morgan fingerprint density at radius 1 is 1.21 bits per heavy atom. The summed E-state index contributed by atoms with van der Waals surface area (Å²) in [5.74, 6) is -7.63. The van der Waals surface area contributed by atoms with E-state index in [0.717, 1.165) is 0 Å². The molecular formula is C11H10F3NO4. The molecule has 1 atom stereocenters. The minimum absolute atomic E-state index is 0.299. The zero-order valence-corrected chi connectivity index (χ0v) is 9.49. The summed E-state index contributed by atoms with van der Waals surface area (Å²) in [6.07, 6.45) is -0.299. The van der Waals surface area contributed by atoms with Gasteiger partial charge in [-0.2, -0.15) is 0 Å². The zero-order valence-electron chi connectivity index (χ0n) is 9.49. The standard InChI is InChI=1S/C11H10F3NO4/c12-6-2-1-5(8(13)9(6)14)10(17)15-7(3-4-16)11(18)19/h1-2,7,16H,3-4H2,(H,15,17)(H,18,19). The van der Waals surface area contributed by atoms with E-state index in [1.807, 2.05) is 5.32 Å². The number of hydrogen-bond donors (Lipinski definition) is 3. The Morgan fingerprint density at radius 2 is 1.84 bits per heavy atom. The van der Waals surface area contributed by atoms with Gasteiger partial charge in [0.1, 0.15) is 6.04 Å². The molecule has 0 fully saturated rings. The van der Waals surface area contributed by atoms with Crippen LogP contribution in [0.3, 0.4) is 0 Å². The topological polar surface area (TPSA) is 86.6 Å². The highest BCUT2D eigenvalue weighted by atomic mass is 19.2. The molecule has 0 spiro atoms. The van der Waals surface area contributed by atoms with Gasteiger partial charge in [-0.15, -0.1) is 0 Å². The molecule has 0 aliphatic rings. The third-order valence-corrected chi connectivity index (χ3v) is 2.30. The molecule has 1 unspecified atom stereocenters. The maximum atomic E-state index is 13.3. The van der Waals surface area contributed by atoms with Crippen LogP contribution >= 0.6 is 0 Å². The van der Waals surface area contributed by atoms with E-state index in [1.165, 1.54) is 0 Å². The van der Waals surface area contributed by atoms with Crippen molar-refractivity contribution in [3.05, 3.63) is 35.1 Å². The lowest BCUT2D eigenvalue weighted by molar-refractivity contribution is -0.139. The summed E-state index contributed by atoms with van der Waals surface area (Å²) in [5, 5.41) is 19.2. The molecule has 104 valence electrons. The van der Waals surface area contributed by atoms with E-state index in [1.54, 1.807) is 0 Å². The number of aliphatic hydroxyl groups is 1. The summed E-state index contributed by atoms with van der Waals surface area (Å²) in [6, 6.07) is -0.208. The van der Waals surface area contributed by atoms with Gasteiger partial charge in [0, 0.05) is 13.0 Å². The average Bonchev–Trinajstić information content (AvgIpc) is 2.35. The van der Waals surface area contributed by atoms with Crippen molar-refractivity contribution < 1.29 is 33.0 Å². The molecule has 19 heavy (non-hydrogen) atoms. The number of benzene rings is 1. The third kappa shape index (κ3) is 3.44. The van der Waals surface area contributed by atoms with Crippen LogP contribution in [0, 0.1) is 17.5 Å². The van der Waals surface area contributed by atoms with E-state index in [9.17, 15) is 22.8 Å². The van der Waals surface area contributed by atoms with Crippen molar-refractivity contribution in [3.63, 3.8) is 0 Å². The van der Waals surface area contributed by atoms with Gasteiger partial charge in [-0.3, -0.25) is 4.79 Å². The molecule has 1 aromatic carbocycles. The van der Waals surface area contributed by atoms with E-state index >= 15 is 0 Å². The van der Waals surface area contributed by atoms with E-state index in [0.29, 0.717) is 12.1 Å². The van der Waals surface area contributed by atoms with Crippen LogP contribution in [0.1, 0.15) is 16.8 Å². The number of aliphatic carboxylic acids is 1. The second kappa shape index (κ2) is 6.19. The molecule has 0 aromatic heterocycles. The van der Waals surface area contributed by atoms with Crippen molar-refractivity contribution in [2.75, 3.05) is 6.61 Å². The number of carbonyl (C=O) groups excluding carboxylic acids is 1. The molecule has 1 aromatic rings. The molecule has 8 heteroatoms. The number of carboxylic acids is 1. The first-order valence-electron chi connectivity index (χ1n) is 5.16. The lowest BCUT2D eigenvalue weighted by Crippen LogP contribution is -2.41. The fourth-order valence-corrected chi connectivity index (χ4v) is 1.32. The van der Waals surface area contributed by atoms with E-state index < -0.39 is 47.5 Å². The van der Waals surface area contributed by atoms with Crippen LogP contribution in [-0.2, 0) is 4.79 Å². The number of amides is 1. The van der Waals surface area contributed by atoms with Gasteiger partial charge in [0.2, 0.25) is 0 Å². The molecule has 3 N–H and O–H groups in total. The third-order valence-electron chi connectivity index (χ3n) is 2.30. The Kier molecular flexibility index (Phi) is 4.87. The summed E-state index contributed by atoms with van der Waals surface area (Å²) in [7, 11) is 0. The Labute approximate surface area is 105 Å². The molecule has 0 aliphatic heterocycles. The van der Waals surface area contributed by atoms with Gasteiger partial charge in [0.15, 0.2) is 17.5 Å². The molecular weight excluding hydrogens is 267 g/mol. The number of halogens is 3. The first kappa shape index (κ1) is 15.0. The van der Waals surface area contributed by atoms with Crippen molar-refractivity contribution in [2.45, 2.75) is 12.5 Å². The highest BCUT2D eigenvalue weighted by Crippen LogP contribution is 2.15. The first-order valence-corrected chi connectivity index (χ1v) is 5.16. The zero-order chi connectivity index (χ0) is 14.6. The summed E-state index contributed by atoms with van der Waals surface area (Å²) in [6.45, 7) is -0.516. The minimum Gasteiger partial charge on any atom is -0.480 e. The van der Waals surface area contributed by atoms with Crippen LogP contribution < -0.4 is 5.32 Å². The fraction of sp³-hybridized carbons (Fsp3) is 0.273. The fourth-order valence-electron chi connectivity index (χ4n) is 1.32. The van der Waals surface area contributed by atoms with Crippen molar-refractivity contribution in [1.82, 2.24) is 5.32 Å². The summed E-state index contributed by atoms with van der Waals surface area (Å²) in [4.78, 5) is 22.2. The van der Waals surface area contributed by atoms with Gasteiger partial charge in [0.05, 0.1) is 5.56 Å². The molecule has 0 saturated carbocycles. The van der Waals surface area contributed by atoms with Crippen LogP contribution in [0.15, 0.2) is 12.1 Å². The second-order valence-electron chi connectivity index (χ2n) is 3.60. The van der Waals surface area contributed by atoms with Crippen LogP contribution in [-0.4, -0.2) is 34.7 Å². The molecule has 1 rings (SSSR count). The normalized spacial score (nSPS) is 12.0. The molecule has 5 nitrogen and oxygen atoms in total. The Bertz CT molecular complexity index is 507. The highest BCUT2D eigenvalue weighted by molar-refractivity contribution is 5.96. The molecule has 0 radical (unpaired) electrons. The summed E-state index contributed by atoms with van der Waals surface area (Å²) in [5.41, 5.74) is -0.817. The number of rotatable bonds is 5. The van der Waals surface area contributed by atoms with Gasteiger partial charge in [-0.25, -0.2) is 18.0 Å². The molecule has 0 saturated heterocycles. The number of hydrogen-bond acceptors (Lipinski definition) is 3. The highest BCUT2D eigenvalue weighted by Gasteiger charge is 2.24. The average molecular weight is 277 g/mol. The van der Waals surface area contributed by atoms with Crippen LogP contribution in [0.5, 0.6) is 0 Å². The van der Waals surface area contributed by atoms with E-state index in [4.69, 9.17) is 10.2 Å². The van der Waals surface area contributed by atoms with Gasteiger partial charge in [-0.05, 0) is 12.1 Å². The number of nitrogens with one attached hydrogen (secondary N) is 1. The number of carboxylic acid groups (broad SMARTS) is 1. The smallest absolute Gasteiger partial charge is 0.326 e. The lowest BCUT2D eigenvalue weighted by atomic mass is 10.1. The Morgan fingerprint density at radius 3 is 2.37 bits per heavy atom. The maximum Gasteiger partial charge on any atom is 0.326 e. The monoisotopic (exact) mass is 277 g/mol. The second-order valence-corrected chi connectivity index (χ2v) is 3.60. The molecule has 1 amide bonds. The molecule has 0 bridgehead atoms. The minimum atomic E-state index is -1.82. The van der Waals surface area contributed by atoms with Gasteiger partial charge < -0.3 is 15.5 Å². The predicted molar refractivity (Wildman–Crippen MR) is 56.9 cm³/mol. The quantitative estimate of drug-likeness (QED) is 0.690. The van der Waals surface area contributed by atoms with Gasteiger partial charge in [0.25, 0.3) is 5.91 Å². The number of aliphatic hydroxyl groups excluding tert-OH is 1. The SMILES string of the molecule is O=C(NC(CCO)C(=O)O)c1ccc(F)c(F)c1F. The van der Waals surface area contributed by atoms with Crippen LogP contribution in [0.4, 0.5) is 13.2 Å². The Balaban J connectivity index is 2.95. The van der Waals surface area contributed by atoms with Gasteiger partial charge in [-0.1, -0.05) is 0 Å². The van der Waals surface area contributed by atoms with Crippen LogP contribution in [0.2, 0.25) is 0 Å². The van der Waals surface area contributed by atoms with Crippen molar-refractivity contribution in [2.24, 2.45) is 0 Å². The predicted octanol–water partition coefficient (Wildman–Crippen LogP) is 0.669. The summed E-state index contributed by atoms with van der Waals surface area (Å²) >= 11 is 0. The molecule has 0 heterocycles. The molecule has 0 aliphatic carbocycles. The van der Waals surface area contributed by atoms with Crippen molar-refractivity contribution in [3.8, 4) is 0 Å². The van der Waals surface area contributed by atoms with Crippen molar-refractivity contribution >= 4 is 11.9 Å². The summed E-state index contributed by atoms with van der Waals surface area (Å²) < 4.78 is 38.8. The first-order chi connectivity index (χ1) is 8.88. The lowest BCUT2D eigenvalue weighted by Gasteiger charge is -2.13. The van der Waals surface area contributed by atoms with E-state index in [2.05, 4.69) is 0 Å². The number of carbonyl (C=O) groups is 2. The van der Waals surface area contributed by atoms with Crippen LogP contribution in [0.25, 0.3) is 0 Å². The Hall–Kier alpha value is -2.09. The maximum absolute atomic E-state index is 13.3. The van der Waals surface area contributed by atoms with E-state index in [-0.39, 0.29) is 6.42 Å². The van der Waals surface area contributed by atoms with Gasteiger partial charge >= 0.3 is 5.97 Å².